The third-order valence-electron chi connectivity index (χ3n) is 4.73. The van der Waals surface area contributed by atoms with Gasteiger partial charge in [0.2, 0.25) is 0 Å². The predicted octanol–water partition coefficient (Wildman–Crippen LogP) is -1.79. The first-order valence-electron chi connectivity index (χ1n) is 7.94. The predicted molar refractivity (Wildman–Crippen MR) is 98.5 cm³/mol. The van der Waals surface area contributed by atoms with Crippen molar-refractivity contribution >= 4 is 38.0 Å². The average molecular weight is 483 g/mol. The molecule has 126 valence electrons. The molecule has 0 amide bonds. The van der Waals surface area contributed by atoms with E-state index in [1.54, 1.807) is 20.9 Å². The van der Waals surface area contributed by atoms with Gasteiger partial charge in [0, 0.05) is 0 Å². The molecule has 2 heterocycles. The molecule has 0 bridgehead atoms. The number of fused-ring (bicyclic) bond motifs is 3. The van der Waals surface area contributed by atoms with E-state index in [1.165, 1.54) is 15.3 Å². The van der Waals surface area contributed by atoms with Crippen LogP contribution in [0.3, 0.4) is 0 Å². The Bertz CT molecular complexity index is 1020. The quantitative estimate of drug-likeness (QED) is 0.487. The van der Waals surface area contributed by atoms with Gasteiger partial charge in [-0.1, -0.05) is 0 Å². The Kier molecular flexibility index (Phi) is 5.93. The summed E-state index contributed by atoms with van der Waals surface area (Å²) in [6.45, 7) is 4.52. The molecule has 1 aromatic heterocycles. The van der Waals surface area contributed by atoms with Crippen molar-refractivity contribution in [3.05, 3.63) is 73.1 Å². The third kappa shape index (κ3) is 3.21. The molecule has 1 aromatic carbocycles. The van der Waals surface area contributed by atoms with E-state index in [1.807, 2.05) is 14.6 Å². The second-order valence-corrected chi connectivity index (χ2v) is 12.5. The number of rotatable bonds is 2. The average Bonchev–Trinajstić information content (AvgIpc) is 3.25. The molecule has 25 heavy (non-hydrogen) atoms. The first-order chi connectivity index (χ1) is 11.2. The first kappa shape index (κ1) is 19.7. The van der Waals surface area contributed by atoms with Crippen molar-refractivity contribution in [2.45, 2.75) is 22.7 Å². The molecule has 2 atom stereocenters. The molecule has 0 saturated carbocycles. The molecule has 0 spiro atoms. The maximum absolute atomic E-state index is 2.47. The molecule has 5 rings (SSSR count). The molecule has 1 aliphatic heterocycles. The van der Waals surface area contributed by atoms with Crippen molar-refractivity contribution in [1.82, 2.24) is 0 Å². The van der Waals surface area contributed by atoms with E-state index < -0.39 is 23.2 Å². The standard InChI is InChI=1S/C11H9S2.C9H7.2ClH.Zr/c1-6-3-8-9-4-7(2)13-11(9)5-10(8)12-6;1-2-5-9-7-3-6-8(9)4-1;;;/h3-4,10H,1-2H3;1-7H;2*1H;/q;;;;+2/p-2. The second kappa shape index (κ2) is 7.52. The van der Waals surface area contributed by atoms with E-state index in [9.17, 15) is 0 Å². The zero-order valence-corrected chi connectivity index (χ0v) is 19.4. The summed E-state index contributed by atoms with van der Waals surface area (Å²) >= 11 is 3.43. The molecular formula is C20H16Cl2S2Zr. The maximum atomic E-state index is 2.47. The zero-order valence-electron chi connectivity index (χ0n) is 13.8. The fraction of sp³-hybridized carbons (Fsp3) is 0.200. The molecule has 0 fully saturated rings. The van der Waals surface area contributed by atoms with Crippen LogP contribution >= 0.6 is 23.1 Å². The van der Waals surface area contributed by atoms with Crippen molar-refractivity contribution in [3.63, 3.8) is 0 Å². The van der Waals surface area contributed by atoms with E-state index in [0.29, 0.717) is 8.88 Å². The van der Waals surface area contributed by atoms with Crippen molar-refractivity contribution in [3.8, 4) is 0 Å². The van der Waals surface area contributed by atoms with Gasteiger partial charge in [0.25, 0.3) is 0 Å². The molecule has 0 radical (unpaired) electrons. The van der Waals surface area contributed by atoms with E-state index in [4.69, 9.17) is 0 Å². The Morgan fingerprint density at radius 2 is 1.88 bits per heavy atom. The summed E-state index contributed by atoms with van der Waals surface area (Å²) in [5.41, 5.74) is 4.61. The summed E-state index contributed by atoms with van der Waals surface area (Å²) in [5.74, 6) is 0. The Morgan fingerprint density at radius 1 is 1.08 bits per heavy atom. The van der Waals surface area contributed by atoms with Crippen LogP contribution in [0.5, 0.6) is 0 Å². The van der Waals surface area contributed by atoms with Crippen LogP contribution in [0.1, 0.15) is 26.6 Å². The largest absolute Gasteiger partial charge is 1.00 e. The third-order valence-corrected chi connectivity index (χ3v) is 12.1. The maximum Gasteiger partial charge on any atom is -1.00 e. The first-order valence-corrected chi connectivity index (χ1v) is 12.3. The van der Waals surface area contributed by atoms with Crippen molar-refractivity contribution in [2.24, 2.45) is 0 Å². The van der Waals surface area contributed by atoms with E-state index in [0.717, 1.165) is 0 Å². The molecule has 5 heteroatoms. The number of hydrogen-bond acceptors (Lipinski definition) is 2. The van der Waals surface area contributed by atoms with Crippen LogP contribution in [0.25, 0.3) is 14.9 Å². The van der Waals surface area contributed by atoms with Gasteiger partial charge in [0.05, 0.1) is 0 Å². The molecule has 0 saturated heterocycles. The van der Waals surface area contributed by atoms with Crippen molar-refractivity contribution in [2.75, 3.05) is 0 Å². The van der Waals surface area contributed by atoms with Crippen LogP contribution < -0.4 is 34.6 Å². The van der Waals surface area contributed by atoms with Gasteiger partial charge in [0.1, 0.15) is 0 Å². The molecular weight excluding hydrogens is 466 g/mol. The molecule has 3 aliphatic rings. The van der Waals surface area contributed by atoms with Crippen LogP contribution in [0, 0.1) is 6.92 Å². The van der Waals surface area contributed by atoms with Crippen LogP contribution in [0.15, 0.2) is 47.4 Å². The Hall–Kier alpha value is -0.0469. The molecule has 0 nitrogen and oxygen atoms in total. The Labute approximate surface area is 180 Å². The Morgan fingerprint density at radius 3 is 2.72 bits per heavy atom. The topological polar surface area (TPSA) is 0 Å². The number of thioether (sulfide) groups is 1. The van der Waals surface area contributed by atoms with Crippen LogP contribution in [-0.2, 0) is 23.2 Å². The van der Waals surface area contributed by atoms with Crippen LogP contribution in [-0.4, -0.2) is 5.25 Å². The van der Waals surface area contributed by atoms with Gasteiger partial charge < -0.3 is 24.8 Å². The molecule has 0 N–H and O–H groups in total. The van der Waals surface area contributed by atoms with Crippen molar-refractivity contribution < 1.29 is 48.0 Å². The SMILES string of the molecule is CC1=CC2=c3cc(C)sc3=[C]([Zr+2][CH]3C=Cc4ccccc43)C2S1.[Cl-].[Cl-]. The van der Waals surface area contributed by atoms with E-state index >= 15 is 0 Å². The summed E-state index contributed by atoms with van der Waals surface area (Å²) in [5, 5.41) is 2.19. The van der Waals surface area contributed by atoms with Gasteiger partial charge in [-0.2, -0.15) is 0 Å². The minimum Gasteiger partial charge on any atom is -1.00 e. The fourth-order valence-electron chi connectivity index (χ4n) is 3.74. The second-order valence-electron chi connectivity index (χ2n) is 6.33. The molecule has 2 aliphatic carbocycles. The molecule has 2 unspecified atom stereocenters. The Balaban J connectivity index is 0.000000911. The minimum atomic E-state index is -0.684. The van der Waals surface area contributed by atoms with E-state index in [-0.39, 0.29) is 24.8 Å². The monoisotopic (exact) mass is 480 g/mol. The summed E-state index contributed by atoms with van der Waals surface area (Å²) in [6, 6.07) is 11.4. The van der Waals surface area contributed by atoms with Gasteiger partial charge in [-0.05, 0) is 0 Å². The van der Waals surface area contributed by atoms with Gasteiger partial charge >= 0.3 is 157 Å². The van der Waals surface area contributed by atoms with Gasteiger partial charge in [-0.25, -0.2) is 0 Å². The smallest absolute Gasteiger partial charge is 1.00 e. The fourth-order valence-corrected chi connectivity index (χ4v) is 11.3. The summed E-state index contributed by atoms with van der Waals surface area (Å²) in [4.78, 5) is 2.95. The van der Waals surface area contributed by atoms with Crippen molar-refractivity contribution in [1.29, 1.82) is 0 Å². The van der Waals surface area contributed by atoms with Crippen LogP contribution in [0.4, 0.5) is 0 Å². The summed E-state index contributed by atoms with van der Waals surface area (Å²) in [6.07, 6.45) is 7.25. The zero-order chi connectivity index (χ0) is 15.6. The number of hydrogen-bond donors (Lipinski definition) is 0. The number of aryl methyl sites for hydroxylation is 1. The van der Waals surface area contributed by atoms with Crippen LogP contribution in [0.2, 0.25) is 0 Å². The minimum absolute atomic E-state index is 0. The molecule has 2 aromatic rings. The number of benzene rings is 1. The number of allylic oxidation sites excluding steroid dienone is 3. The van der Waals surface area contributed by atoms with Gasteiger partial charge in [-0.15, -0.1) is 0 Å². The van der Waals surface area contributed by atoms with E-state index in [2.05, 4.69) is 74.2 Å². The number of thiophene rings is 1. The van der Waals surface area contributed by atoms with Gasteiger partial charge in [-0.3, -0.25) is 0 Å². The summed E-state index contributed by atoms with van der Waals surface area (Å²) < 4.78 is 4.16. The summed E-state index contributed by atoms with van der Waals surface area (Å²) in [7, 11) is 0. The normalized spacial score (nSPS) is 21.8. The van der Waals surface area contributed by atoms with Gasteiger partial charge in [0.15, 0.2) is 0 Å². The number of halogens is 2.